The third-order valence-corrected chi connectivity index (χ3v) is 2.16. The zero-order valence-corrected chi connectivity index (χ0v) is 12.1. The van der Waals surface area contributed by atoms with Crippen LogP contribution in [0.5, 0.6) is 0 Å². The van der Waals surface area contributed by atoms with Crippen LogP contribution in [0.15, 0.2) is 4.99 Å². The molecule has 1 aromatic heterocycles. The number of anilines is 2. The van der Waals surface area contributed by atoms with Crippen molar-refractivity contribution >= 4 is 35.1 Å². The highest BCUT2D eigenvalue weighted by atomic mass is 35.5. The molecule has 10 heteroatoms. The first-order valence-electron chi connectivity index (χ1n) is 5.60. The Morgan fingerprint density at radius 3 is 2.35 bits per heavy atom. The van der Waals surface area contributed by atoms with E-state index in [1.807, 2.05) is 20.8 Å². The minimum absolute atomic E-state index is 0.0407. The number of amides is 1. The Labute approximate surface area is 121 Å². The van der Waals surface area contributed by atoms with Crippen molar-refractivity contribution in [3.05, 3.63) is 10.8 Å². The molecule has 1 amide bonds. The minimum atomic E-state index is -0.663. The number of carbonyl (C=O) groups excluding carboxylic acids is 1. The Morgan fingerprint density at radius 2 is 1.80 bits per heavy atom. The number of nitrogens with two attached hydrogens (primary N) is 3. The lowest BCUT2D eigenvalue weighted by atomic mass is 10.1. The van der Waals surface area contributed by atoms with Crippen LogP contribution in [0.2, 0.25) is 5.15 Å². The van der Waals surface area contributed by atoms with Crippen LogP contribution < -0.4 is 28.1 Å². The number of hydrazine groups is 1. The second kappa shape index (κ2) is 5.78. The van der Waals surface area contributed by atoms with Crippen molar-refractivity contribution in [1.29, 1.82) is 0 Å². The summed E-state index contributed by atoms with van der Waals surface area (Å²) in [7, 11) is 0. The van der Waals surface area contributed by atoms with Gasteiger partial charge in [0.2, 0.25) is 5.96 Å². The molecule has 0 aliphatic carbocycles. The van der Waals surface area contributed by atoms with E-state index in [-0.39, 0.29) is 34.0 Å². The number of nitrogens with one attached hydrogen (secondary N) is 2. The van der Waals surface area contributed by atoms with Crippen LogP contribution in [0, 0.1) is 0 Å². The molecular weight excluding hydrogens is 284 g/mol. The van der Waals surface area contributed by atoms with Crippen molar-refractivity contribution < 1.29 is 4.79 Å². The maximum Gasteiger partial charge on any atom is 0.292 e. The summed E-state index contributed by atoms with van der Waals surface area (Å²) in [5.74, 6) is -0.817. The van der Waals surface area contributed by atoms with E-state index in [0.717, 1.165) is 0 Å². The number of rotatable bonds is 1. The van der Waals surface area contributed by atoms with Crippen molar-refractivity contribution in [3.8, 4) is 0 Å². The smallest absolute Gasteiger partial charge is 0.292 e. The number of guanidine groups is 1. The SMILES string of the molecule is CC(C)(C)N=C(N)NNC(=O)c1nc(Cl)c(N)nc1N. The lowest BCUT2D eigenvalue weighted by molar-refractivity contribution is 0.0939. The van der Waals surface area contributed by atoms with E-state index in [2.05, 4.69) is 25.8 Å². The van der Waals surface area contributed by atoms with Gasteiger partial charge in [-0.2, -0.15) is 0 Å². The molecule has 1 heterocycles. The van der Waals surface area contributed by atoms with Gasteiger partial charge >= 0.3 is 0 Å². The molecule has 8 N–H and O–H groups in total. The number of halogens is 1. The van der Waals surface area contributed by atoms with Crippen LogP contribution in [-0.2, 0) is 0 Å². The molecular formula is C10H17ClN8O. The molecule has 0 atom stereocenters. The number of aliphatic imine (C=N–C) groups is 1. The van der Waals surface area contributed by atoms with Crippen molar-refractivity contribution in [2.45, 2.75) is 26.3 Å². The van der Waals surface area contributed by atoms with Crippen LogP contribution in [0.25, 0.3) is 0 Å². The number of nitrogen functional groups attached to an aromatic ring is 2. The quantitative estimate of drug-likeness (QED) is 0.269. The van der Waals surface area contributed by atoms with E-state index < -0.39 is 5.91 Å². The molecule has 20 heavy (non-hydrogen) atoms. The van der Waals surface area contributed by atoms with Crippen molar-refractivity contribution in [2.75, 3.05) is 11.5 Å². The van der Waals surface area contributed by atoms with Gasteiger partial charge in [0, 0.05) is 0 Å². The summed E-state index contributed by atoms with van der Waals surface area (Å²) in [6.07, 6.45) is 0. The predicted octanol–water partition coefficient (Wildman–Crippen LogP) is -0.358. The fraction of sp³-hybridized carbons (Fsp3) is 0.400. The molecule has 0 aliphatic heterocycles. The second-order valence-corrected chi connectivity index (χ2v) is 5.24. The highest BCUT2D eigenvalue weighted by molar-refractivity contribution is 6.31. The average Bonchev–Trinajstić information content (AvgIpc) is 2.28. The summed E-state index contributed by atoms with van der Waals surface area (Å²) < 4.78 is 0. The lowest BCUT2D eigenvalue weighted by Crippen LogP contribution is -2.47. The third kappa shape index (κ3) is 4.43. The fourth-order valence-corrected chi connectivity index (χ4v) is 1.30. The molecule has 0 aliphatic rings. The zero-order chi connectivity index (χ0) is 15.5. The highest BCUT2D eigenvalue weighted by Gasteiger charge is 2.16. The fourth-order valence-electron chi connectivity index (χ4n) is 1.18. The number of hydrogen-bond acceptors (Lipinski definition) is 6. The first-order valence-corrected chi connectivity index (χ1v) is 5.98. The van der Waals surface area contributed by atoms with Gasteiger partial charge in [-0.1, -0.05) is 11.6 Å². The lowest BCUT2D eigenvalue weighted by Gasteiger charge is -2.15. The number of aromatic nitrogens is 2. The molecule has 0 radical (unpaired) electrons. The summed E-state index contributed by atoms with van der Waals surface area (Å²) in [4.78, 5) is 23.4. The number of nitrogens with zero attached hydrogens (tertiary/aromatic N) is 3. The molecule has 0 unspecified atom stereocenters. The Kier molecular flexibility index (Phi) is 4.56. The van der Waals surface area contributed by atoms with Gasteiger partial charge in [0.25, 0.3) is 5.91 Å². The molecule has 9 nitrogen and oxygen atoms in total. The predicted molar refractivity (Wildman–Crippen MR) is 77.8 cm³/mol. The van der Waals surface area contributed by atoms with Gasteiger partial charge in [0.05, 0.1) is 5.54 Å². The molecule has 1 aromatic rings. The van der Waals surface area contributed by atoms with Crippen molar-refractivity contribution in [1.82, 2.24) is 20.8 Å². The number of carbonyl (C=O) groups is 1. The van der Waals surface area contributed by atoms with E-state index in [4.69, 9.17) is 28.8 Å². The van der Waals surface area contributed by atoms with Gasteiger partial charge in [0.15, 0.2) is 22.5 Å². The van der Waals surface area contributed by atoms with E-state index in [1.165, 1.54) is 0 Å². The van der Waals surface area contributed by atoms with Gasteiger partial charge < -0.3 is 17.2 Å². The summed E-state index contributed by atoms with van der Waals surface area (Å²) in [5, 5.41) is -0.110. The molecule has 0 bridgehead atoms. The van der Waals surface area contributed by atoms with E-state index in [9.17, 15) is 4.79 Å². The van der Waals surface area contributed by atoms with Gasteiger partial charge in [0.1, 0.15) is 0 Å². The van der Waals surface area contributed by atoms with Crippen LogP contribution in [0.3, 0.4) is 0 Å². The maximum atomic E-state index is 11.8. The average molecular weight is 301 g/mol. The van der Waals surface area contributed by atoms with Gasteiger partial charge in [-0.3, -0.25) is 15.6 Å². The van der Waals surface area contributed by atoms with E-state index in [1.54, 1.807) is 0 Å². The molecule has 0 aromatic carbocycles. The molecule has 0 fully saturated rings. The van der Waals surface area contributed by atoms with Crippen molar-refractivity contribution in [2.24, 2.45) is 10.7 Å². The molecule has 0 spiro atoms. The Balaban J connectivity index is 2.78. The maximum absolute atomic E-state index is 11.8. The van der Waals surface area contributed by atoms with Crippen molar-refractivity contribution in [3.63, 3.8) is 0 Å². The first kappa shape index (κ1) is 15.8. The molecule has 110 valence electrons. The standard InChI is InChI=1S/C10H17ClN8O/c1-10(2,3)17-9(14)19-18-8(20)4-6(12)16-7(13)5(11)15-4/h1-3H3,(H,18,20)(H4,12,13,16)(H3,14,17,19). The summed E-state index contributed by atoms with van der Waals surface area (Å²) in [6.45, 7) is 5.56. The van der Waals surface area contributed by atoms with Gasteiger partial charge in [-0.25, -0.2) is 15.0 Å². The van der Waals surface area contributed by atoms with E-state index in [0.29, 0.717) is 0 Å². The Morgan fingerprint density at radius 1 is 1.20 bits per heavy atom. The largest absolute Gasteiger partial charge is 0.382 e. The zero-order valence-electron chi connectivity index (χ0n) is 11.4. The summed E-state index contributed by atoms with van der Waals surface area (Å²) >= 11 is 5.68. The summed E-state index contributed by atoms with van der Waals surface area (Å²) in [5.41, 5.74) is 20.7. The minimum Gasteiger partial charge on any atom is -0.382 e. The van der Waals surface area contributed by atoms with Crippen LogP contribution in [0.4, 0.5) is 11.6 Å². The summed E-state index contributed by atoms with van der Waals surface area (Å²) in [6, 6.07) is 0. The van der Waals surface area contributed by atoms with Crippen LogP contribution >= 0.6 is 11.6 Å². The Bertz CT molecular complexity index is 551. The topological polar surface area (TPSA) is 157 Å². The van der Waals surface area contributed by atoms with E-state index >= 15 is 0 Å². The molecule has 1 rings (SSSR count). The Hall–Kier alpha value is -2.29. The molecule has 0 saturated heterocycles. The number of hydrogen-bond donors (Lipinski definition) is 5. The normalized spacial score (nSPS) is 12.1. The van der Waals surface area contributed by atoms with Gasteiger partial charge in [-0.15, -0.1) is 0 Å². The highest BCUT2D eigenvalue weighted by Crippen LogP contribution is 2.16. The van der Waals surface area contributed by atoms with Crippen LogP contribution in [0.1, 0.15) is 31.3 Å². The first-order chi connectivity index (χ1) is 9.10. The third-order valence-electron chi connectivity index (χ3n) is 1.88. The molecule has 0 saturated carbocycles. The second-order valence-electron chi connectivity index (χ2n) is 4.88. The monoisotopic (exact) mass is 300 g/mol. The van der Waals surface area contributed by atoms with Crippen LogP contribution in [-0.4, -0.2) is 27.4 Å². The van der Waals surface area contributed by atoms with Gasteiger partial charge in [-0.05, 0) is 20.8 Å².